The van der Waals surface area contributed by atoms with Gasteiger partial charge in [0.2, 0.25) is 6.23 Å². The van der Waals surface area contributed by atoms with E-state index in [1.807, 2.05) is 18.2 Å². The molecule has 0 radical (unpaired) electrons. The van der Waals surface area contributed by atoms with Gasteiger partial charge in [0.05, 0.1) is 11.8 Å². The Morgan fingerprint density at radius 2 is 1.26 bits per heavy atom. The topological polar surface area (TPSA) is 24.8 Å². The van der Waals surface area contributed by atoms with Gasteiger partial charge in [-0.15, -0.1) is 0 Å². The molecule has 0 N–H and O–H groups in total. The average Bonchev–Trinajstić information content (AvgIpc) is 3.31. The molecule has 4 aromatic carbocycles. The first-order valence-electron chi connectivity index (χ1n) is 10.7. The highest BCUT2D eigenvalue weighted by Crippen LogP contribution is 2.47. The normalized spacial score (nSPS) is 19.2. The van der Waals surface area contributed by atoms with Crippen LogP contribution in [-0.2, 0) is 0 Å². The third-order valence-corrected chi connectivity index (χ3v) is 6.11. The molecule has 2 aliphatic rings. The molecule has 6 rings (SSSR count). The molecule has 0 saturated heterocycles. The van der Waals surface area contributed by atoms with Crippen molar-refractivity contribution in [1.29, 1.82) is 0 Å². The van der Waals surface area contributed by atoms with Crippen LogP contribution in [0.1, 0.15) is 35.4 Å². The zero-order valence-electron chi connectivity index (χ0n) is 17.1. The highest BCUT2D eigenvalue weighted by molar-refractivity contribution is 6.01. The SMILES string of the molecule is c1ccc(C2=NN3[C@@H](C2)c2ccccc2O[C@H]3c2ccc(-c3ccccc3)cc2)cc1. The van der Waals surface area contributed by atoms with Gasteiger partial charge in [-0.3, -0.25) is 0 Å². The number of para-hydroxylation sites is 1. The van der Waals surface area contributed by atoms with E-state index in [4.69, 9.17) is 9.84 Å². The quantitative estimate of drug-likeness (QED) is 0.386. The lowest BCUT2D eigenvalue weighted by Gasteiger charge is -2.38. The summed E-state index contributed by atoms with van der Waals surface area (Å²) in [7, 11) is 0. The molecule has 0 saturated carbocycles. The number of ether oxygens (including phenoxy) is 1. The van der Waals surface area contributed by atoms with Crippen molar-refractivity contribution >= 4 is 5.71 Å². The Labute approximate surface area is 182 Å². The fourth-order valence-electron chi connectivity index (χ4n) is 4.53. The minimum Gasteiger partial charge on any atom is -0.464 e. The Morgan fingerprint density at radius 1 is 0.645 bits per heavy atom. The monoisotopic (exact) mass is 402 g/mol. The average molecular weight is 402 g/mol. The summed E-state index contributed by atoms with van der Waals surface area (Å²) in [6.07, 6.45) is 0.633. The number of benzene rings is 4. The Bertz CT molecular complexity index is 1230. The van der Waals surface area contributed by atoms with Crippen LogP contribution >= 0.6 is 0 Å². The predicted molar refractivity (Wildman–Crippen MR) is 124 cm³/mol. The van der Waals surface area contributed by atoms with Crippen LogP contribution in [0, 0.1) is 0 Å². The summed E-state index contributed by atoms with van der Waals surface area (Å²) in [5.74, 6) is 0.949. The molecule has 0 spiro atoms. The Hall–Kier alpha value is -3.85. The van der Waals surface area contributed by atoms with Crippen molar-refractivity contribution in [2.45, 2.75) is 18.7 Å². The number of nitrogens with zero attached hydrogens (tertiary/aromatic N) is 2. The van der Waals surface area contributed by atoms with E-state index in [1.165, 1.54) is 22.3 Å². The van der Waals surface area contributed by atoms with Gasteiger partial charge in [0.25, 0.3) is 0 Å². The van der Waals surface area contributed by atoms with E-state index in [-0.39, 0.29) is 12.3 Å². The maximum Gasteiger partial charge on any atom is 0.213 e. The molecule has 150 valence electrons. The van der Waals surface area contributed by atoms with Crippen molar-refractivity contribution < 1.29 is 4.74 Å². The number of hydrogen-bond donors (Lipinski definition) is 0. The summed E-state index contributed by atoms with van der Waals surface area (Å²) in [5, 5.41) is 7.18. The van der Waals surface area contributed by atoms with Crippen LogP contribution in [0.5, 0.6) is 5.75 Å². The summed E-state index contributed by atoms with van der Waals surface area (Å²) in [4.78, 5) is 0. The Morgan fingerprint density at radius 3 is 2.00 bits per heavy atom. The Balaban J connectivity index is 1.39. The van der Waals surface area contributed by atoms with Crippen LogP contribution in [0.2, 0.25) is 0 Å². The van der Waals surface area contributed by atoms with Gasteiger partial charge in [-0.1, -0.05) is 103 Å². The molecule has 0 fully saturated rings. The first-order chi connectivity index (χ1) is 15.4. The molecular weight excluding hydrogens is 380 g/mol. The molecule has 0 aromatic heterocycles. The first-order valence-corrected chi connectivity index (χ1v) is 10.7. The number of hydrogen-bond acceptors (Lipinski definition) is 3. The van der Waals surface area contributed by atoms with Crippen molar-refractivity contribution in [2.24, 2.45) is 5.10 Å². The molecule has 4 aromatic rings. The number of fused-ring (bicyclic) bond motifs is 3. The molecule has 3 nitrogen and oxygen atoms in total. The summed E-state index contributed by atoms with van der Waals surface area (Å²) >= 11 is 0. The highest BCUT2D eigenvalue weighted by atomic mass is 16.5. The van der Waals surface area contributed by atoms with Gasteiger partial charge in [0.1, 0.15) is 5.75 Å². The lowest BCUT2D eigenvalue weighted by Crippen LogP contribution is -2.33. The van der Waals surface area contributed by atoms with Gasteiger partial charge < -0.3 is 4.74 Å². The van der Waals surface area contributed by atoms with Crippen LogP contribution in [0.4, 0.5) is 0 Å². The van der Waals surface area contributed by atoms with Crippen molar-refractivity contribution in [3.05, 3.63) is 126 Å². The summed E-state index contributed by atoms with van der Waals surface area (Å²) in [6.45, 7) is 0. The van der Waals surface area contributed by atoms with E-state index >= 15 is 0 Å². The van der Waals surface area contributed by atoms with E-state index in [0.29, 0.717) is 0 Å². The van der Waals surface area contributed by atoms with Gasteiger partial charge in [0, 0.05) is 17.5 Å². The predicted octanol–water partition coefficient (Wildman–Crippen LogP) is 6.60. The number of hydrazone groups is 1. The van der Waals surface area contributed by atoms with Crippen LogP contribution < -0.4 is 4.74 Å². The van der Waals surface area contributed by atoms with Gasteiger partial charge in [-0.05, 0) is 22.8 Å². The minimum atomic E-state index is -0.245. The van der Waals surface area contributed by atoms with Gasteiger partial charge in [-0.2, -0.15) is 5.10 Å². The molecular formula is C28H22N2O. The van der Waals surface area contributed by atoms with Crippen LogP contribution in [-0.4, -0.2) is 10.7 Å². The molecule has 2 atom stereocenters. The molecule has 0 amide bonds. The third kappa shape index (κ3) is 3.19. The molecule has 0 aliphatic carbocycles. The molecule has 0 unspecified atom stereocenters. The van der Waals surface area contributed by atoms with E-state index in [2.05, 4.69) is 96.0 Å². The highest BCUT2D eigenvalue weighted by Gasteiger charge is 2.40. The fraction of sp³-hybridized carbons (Fsp3) is 0.107. The molecule has 31 heavy (non-hydrogen) atoms. The van der Waals surface area contributed by atoms with E-state index in [0.717, 1.165) is 23.4 Å². The maximum absolute atomic E-state index is 6.48. The lowest BCUT2D eigenvalue weighted by atomic mass is 9.95. The van der Waals surface area contributed by atoms with E-state index in [9.17, 15) is 0 Å². The molecule has 2 heterocycles. The van der Waals surface area contributed by atoms with E-state index in [1.54, 1.807) is 0 Å². The first kappa shape index (κ1) is 18.0. The lowest BCUT2D eigenvalue weighted by molar-refractivity contribution is -0.0190. The second-order valence-electron chi connectivity index (χ2n) is 8.01. The Kier molecular flexibility index (Phi) is 4.31. The van der Waals surface area contributed by atoms with Gasteiger partial charge in [-0.25, -0.2) is 5.01 Å². The standard InChI is InChI=1S/C28H22N2O/c1-3-9-20(10-4-1)21-15-17-23(18-16-21)28-30-26(24-13-7-8-14-27(24)31-28)19-25(29-30)22-11-5-2-6-12-22/h1-18,26,28H,19H2/t26-,28-/m0/s1. The minimum absolute atomic E-state index is 0.180. The maximum atomic E-state index is 6.48. The van der Waals surface area contributed by atoms with Crippen molar-refractivity contribution in [3.8, 4) is 16.9 Å². The second kappa shape index (κ2) is 7.44. The third-order valence-electron chi connectivity index (χ3n) is 6.11. The molecule has 0 bridgehead atoms. The molecule has 2 aliphatic heterocycles. The van der Waals surface area contributed by atoms with Crippen molar-refractivity contribution in [1.82, 2.24) is 5.01 Å². The van der Waals surface area contributed by atoms with Crippen LogP contribution in [0.15, 0.2) is 114 Å². The summed E-state index contributed by atoms with van der Waals surface area (Å²) in [6, 6.07) is 38.1. The van der Waals surface area contributed by atoms with Gasteiger partial charge in [0.15, 0.2) is 0 Å². The number of rotatable bonds is 3. The fourth-order valence-corrected chi connectivity index (χ4v) is 4.53. The summed E-state index contributed by atoms with van der Waals surface area (Å²) in [5.41, 5.74) is 7.01. The largest absolute Gasteiger partial charge is 0.464 e. The summed E-state index contributed by atoms with van der Waals surface area (Å²) < 4.78 is 6.48. The smallest absolute Gasteiger partial charge is 0.213 e. The second-order valence-corrected chi connectivity index (χ2v) is 8.01. The van der Waals surface area contributed by atoms with Gasteiger partial charge >= 0.3 is 0 Å². The van der Waals surface area contributed by atoms with Crippen LogP contribution in [0.25, 0.3) is 11.1 Å². The molecule has 3 heteroatoms. The zero-order chi connectivity index (χ0) is 20.6. The van der Waals surface area contributed by atoms with Crippen molar-refractivity contribution in [2.75, 3.05) is 0 Å². The van der Waals surface area contributed by atoms with Crippen LogP contribution in [0.3, 0.4) is 0 Å². The van der Waals surface area contributed by atoms with E-state index < -0.39 is 0 Å². The zero-order valence-corrected chi connectivity index (χ0v) is 17.1. The van der Waals surface area contributed by atoms with Crippen molar-refractivity contribution in [3.63, 3.8) is 0 Å².